The van der Waals surface area contributed by atoms with Gasteiger partial charge >= 0.3 is 0 Å². The van der Waals surface area contributed by atoms with Gasteiger partial charge in [-0.1, -0.05) is 30.3 Å². The number of thiol groups is 1. The lowest BCUT2D eigenvalue weighted by atomic mass is 9.80. The molecule has 3 nitrogen and oxygen atoms in total. The Morgan fingerprint density at radius 2 is 1.86 bits per heavy atom. The minimum atomic E-state index is -0.486. The number of para-hydroxylation sites is 1. The maximum atomic E-state index is 5.57. The topological polar surface area (TPSA) is 34.4 Å². The summed E-state index contributed by atoms with van der Waals surface area (Å²) < 4.78 is 10.4. The van der Waals surface area contributed by atoms with Crippen molar-refractivity contribution in [1.82, 2.24) is 0 Å². The minimum Gasteiger partial charge on any atom is -0.496 e. The number of nitrogens with one attached hydrogen (secondary N) is 1. The van der Waals surface area contributed by atoms with Crippen LogP contribution < -0.4 is 10.1 Å². The first-order chi connectivity index (χ1) is 13.3. The Morgan fingerprint density at radius 1 is 1.07 bits per heavy atom. The Labute approximate surface area is 171 Å². The standard InChI is InChI=1S/C24H25NO2S/c1-23(2)14-20(24(3,28)17-11-12-27-15-17)19-13-16(9-10-21(19)25-23)18-7-5-6-8-22(18)26-4/h5-15,25,28H,1-4H3. The Morgan fingerprint density at radius 3 is 2.57 bits per heavy atom. The number of furan rings is 1. The van der Waals surface area contributed by atoms with E-state index < -0.39 is 4.75 Å². The monoisotopic (exact) mass is 391 g/mol. The predicted molar refractivity (Wildman–Crippen MR) is 119 cm³/mol. The number of methoxy groups -OCH3 is 1. The first kappa shape index (κ1) is 18.8. The second-order valence-electron chi connectivity index (χ2n) is 7.95. The molecule has 28 heavy (non-hydrogen) atoms. The summed E-state index contributed by atoms with van der Waals surface area (Å²) in [6.07, 6.45) is 5.73. The molecular weight excluding hydrogens is 366 g/mol. The number of benzene rings is 2. The highest BCUT2D eigenvalue weighted by Crippen LogP contribution is 2.48. The molecule has 0 fully saturated rings. The van der Waals surface area contributed by atoms with Crippen molar-refractivity contribution in [3.63, 3.8) is 0 Å². The molecule has 0 radical (unpaired) electrons. The summed E-state index contributed by atoms with van der Waals surface area (Å²) in [4.78, 5) is 0. The van der Waals surface area contributed by atoms with Crippen LogP contribution in [0.4, 0.5) is 5.69 Å². The molecule has 1 unspecified atom stereocenters. The molecule has 0 saturated heterocycles. The number of rotatable bonds is 4. The second kappa shape index (κ2) is 6.78. The lowest BCUT2D eigenvalue weighted by molar-refractivity contribution is 0.416. The molecule has 1 atom stereocenters. The fourth-order valence-corrected chi connectivity index (χ4v) is 4.16. The average molecular weight is 392 g/mol. The van der Waals surface area contributed by atoms with E-state index in [0.717, 1.165) is 39.3 Å². The van der Waals surface area contributed by atoms with Crippen LogP contribution in [0.5, 0.6) is 5.75 Å². The molecule has 4 heteroatoms. The molecule has 4 rings (SSSR count). The fraction of sp³-hybridized carbons (Fsp3) is 0.250. The summed E-state index contributed by atoms with van der Waals surface area (Å²) in [5.74, 6) is 0.862. The maximum absolute atomic E-state index is 5.57. The van der Waals surface area contributed by atoms with E-state index in [1.807, 2.05) is 24.3 Å². The van der Waals surface area contributed by atoms with Gasteiger partial charge in [0.15, 0.2) is 0 Å². The van der Waals surface area contributed by atoms with Crippen molar-refractivity contribution >= 4 is 23.9 Å². The van der Waals surface area contributed by atoms with E-state index >= 15 is 0 Å². The zero-order chi connectivity index (χ0) is 19.9. The zero-order valence-electron chi connectivity index (χ0n) is 16.6. The van der Waals surface area contributed by atoms with Crippen molar-refractivity contribution in [2.75, 3.05) is 12.4 Å². The predicted octanol–water partition coefficient (Wildman–Crippen LogP) is 6.39. The van der Waals surface area contributed by atoms with Crippen LogP contribution in [-0.2, 0) is 4.75 Å². The molecule has 1 aliphatic heterocycles. The Hall–Kier alpha value is -2.59. The van der Waals surface area contributed by atoms with Crippen molar-refractivity contribution in [2.45, 2.75) is 31.1 Å². The third-order valence-electron chi connectivity index (χ3n) is 5.30. The van der Waals surface area contributed by atoms with Crippen LogP contribution in [0, 0.1) is 0 Å². The summed E-state index contributed by atoms with van der Waals surface area (Å²) in [5.41, 5.74) is 6.44. The third-order valence-corrected chi connectivity index (χ3v) is 5.80. The van der Waals surface area contributed by atoms with Crippen LogP contribution >= 0.6 is 12.6 Å². The van der Waals surface area contributed by atoms with E-state index in [9.17, 15) is 0 Å². The molecule has 0 amide bonds. The summed E-state index contributed by atoms with van der Waals surface area (Å²) in [5, 5.41) is 3.63. The Kier molecular flexibility index (Phi) is 4.54. The van der Waals surface area contributed by atoms with E-state index in [4.69, 9.17) is 21.8 Å². The van der Waals surface area contributed by atoms with Gasteiger partial charge in [0, 0.05) is 22.4 Å². The fourth-order valence-electron chi connectivity index (χ4n) is 3.85. The van der Waals surface area contributed by atoms with Gasteiger partial charge in [0.1, 0.15) is 5.75 Å². The molecule has 2 aromatic carbocycles. The summed E-state index contributed by atoms with van der Waals surface area (Å²) >= 11 is 5.07. The number of ether oxygens (including phenoxy) is 1. The average Bonchev–Trinajstić information content (AvgIpc) is 3.22. The Bertz CT molecular complexity index is 1030. The smallest absolute Gasteiger partial charge is 0.126 e. The molecule has 1 aliphatic rings. The van der Waals surface area contributed by atoms with E-state index in [-0.39, 0.29) is 5.54 Å². The largest absolute Gasteiger partial charge is 0.496 e. The van der Waals surface area contributed by atoms with Gasteiger partial charge < -0.3 is 14.5 Å². The number of anilines is 1. The lowest BCUT2D eigenvalue weighted by Crippen LogP contribution is -2.34. The summed E-state index contributed by atoms with van der Waals surface area (Å²) in [6.45, 7) is 6.46. The number of fused-ring (bicyclic) bond motifs is 1. The summed E-state index contributed by atoms with van der Waals surface area (Å²) in [7, 11) is 1.70. The van der Waals surface area contributed by atoms with Crippen LogP contribution in [0.1, 0.15) is 31.9 Å². The second-order valence-corrected chi connectivity index (χ2v) is 8.84. The van der Waals surface area contributed by atoms with Gasteiger partial charge in [-0.2, -0.15) is 12.6 Å². The molecular formula is C24H25NO2S. The van der Waals surface area contributed by atoms with E-state index in [1.165, 1.54) is 0 Å². The molecule has 2 heterocycles. The molecule has 0 saturated carbocycles. The van der Waals surface area contributed by atoms with E-state index in [2.05, 4.69) is 56.4 Å². The van der Waals surface area contributed by atoms with Gasteiger partial charge in [0.05, 0.1) is 29.9 Å². The van der Waals surface area contributed by atoms with Crippen LogP contribution in [0.25, 0.3) is 16.7 Å². The lowest BCUT2D eigenvalue weighted by Gasteiger charge is -2.38. The number of hydrogen-bond donors (Lipinski definition) is 2. The van der Waals surface area contributed by atoms with Crippen LogP contribution in [0.15, 0.2) is 71.6 Å². The highest BCUT2D eigenvalue weighted by atomic mass is 32.1. The van der Waals surface area contributed by atoms with Gasteiger partial charge in [0.25, 0.3) is 0 Å². The van der Waals surface area contributed by atoms with Gasteiger partial charge in [-0.3, -0.25) is 0 Å². The van der Waals surface area contributed by atoms with E-state index in [1.54, 1.807) is 19.6 Å². The number of hydrogen-bond acceptors (Lipinski definition) is 4. The van der Waals surface area contributed by atoms with Crippen molar-refractivity contribution < 1.29 is 9.15 Å². The van der Waals surface area contributed by atoms with Crippen molar-refractivity contribution in [3.8, 4) is 16.9 Å². The van der Waals surface area contributed by atoms with Gasteiger partial charge in [-0.05, 0) is 56.2 Å². The molecule has 0 aliphatic carbocycles. The molecule has 144 valence electrons. The van der Waals surface area contributed by atoms with Crippen LogP contribution in [0.3, 0.4) is 0 Å². The SMILES string of the molecule is COc1ccccc1-c1ccc2c(c1)C(C(C)(S)c1ccoc1)=CC(C)(C)N2. The molecule has 3 aromatic rings. The minimum absolute atomic E-state index is 0.179. The molecule has 0 spiro atoms. The van der Waals surface area contributed by atoms with Gasteiger partial charge in [0.2, 0.25) is 0 Å². The maximum Gasteiger partial charge on any atom is 0.126 e. The van der Waals surface area contributed by atoms with Crippen molar-refractivity contribution in [1.29, 1.82) is 0 Å². The Balaban J connectivity index is 1.89. The van der Waals surface area contributed by atoms with Gasteiger partial charge in [-0.15, -0.1) is 0 Å². The first-order valence-corrected chi connectivity index (χ1v) is 9.81. The molecule has 1 aromatic heterocycles. The zero-order valence-corrected chi connectivity index (χ0v) is 17.5. The van der Waals surface area contributed by atoms with Crippen molar-refractivity contribution in [2.24, 2.45) is 0 Å². The third kappa shape index (κ3) is 3.22. The van der Waals surface area contributed by atoms with Crippen LogP contribution in [0.2, 0.25) is 0 Å². The first-order valence-electron chi connectivity index (χ1n) is 9.36. The van der Waals surface area contributed by atoms with Gasteiger partial charge in [-0.25, -0.2) is 0 Å². The van der Waals surface area contributed by atoms with Crippen LogP contribution in [-0.4, -0.2) is 12.6 Å². The highest BCUT2D eigenvalue weighted by molar-refractivity contribution is 7.81. The highest BCUT2D eigenvalue weighted by Gasteiger charge is 2.35. The van der Waals surface area contributed by atoms with Crippen molar-refractivity contribution in [3.05, 3.63) is 78.3 Å². The normalized spacial score (nSPS) is 17.1. The van der Waals surface area contributed by atoms with E-state index in [0.29, 0.717) is 0 Å². The quantitative estimate of drug-likeness (QED) is 0.506. The molecule has 1 N–H and O–H groups in total. The summed E-state index contributed by atoms with van der Waals surface area (Å²) in [6, 6.07) is 16.6. The molecule has 0 bridgehead atoms.